The van der Waals surface area contributed by atoms with Crippen molar-refractivity contribution < 1.29 is 0 Å². The lowest BCUT2D eigenvalue weighted by molar-refractivity contribution is 0.895. The van der Waals surface area contributed by atoms with Gasteiger partial charge in [0.2, 0.25) is 0 Å². The maximum absolute atomic E-state index is 7.60. The van der Waals surface area contributed by atoms with E-state index in [1.807, 2.05) is 77.6 Å². The Kier molecular flexibility index (Phi) is 11.1. The first kappa shape index (κ1) is 29.0. The number of amidine groups is 2. The Bertz CT molecular complexity index is 1230. The number of halogens is 3. The maximum atomic E-state index is 7.60. The molecule has 0 aliphatic carbocycles. The Hall–Kier alpha value is -3.04. The van der Waals surface area contributed by atoms with Crippen LogP contribution in [0.2, 0.25) is 0 Å². The van der Waals surface area contributed by atoms with Gasteiger partial charge in [-0.3, -0.25) is 20.4 Å². The largest absolute Gasteiger partial charge is 0.384 e. The van der Waals surface area contributed by atoms with E-state index < -0.39 is 0 Å². The minimum absolute atomic E-state index is 0. The highest BCUT2D eigenvalue weighted by molar-refractivity contribution is 7.98. The Balaban J connectivity index is 0.00000193. The molecule has 178 valence electrons. The highest BCUT2D eigenvalue weighted by Gasteiger charge is 2.13. The zero-order valence-electron chi connectivity index (χ0n) is 17.8. The van der Waals surface area contributed by atoms with Crippen LogP contribution in [0.25, 0.3) is 16.9 Å². The van der Waals surface area contributed by atoms with Gasteiger partial charge in [0.15, 0.2) is 5.16 Å². The summed E-state index contributed by atoms with van der Waals surface area (Å²) in [4.78, 5) is 9.04. The number of hydrogen-bond acceptors (Lipinski definition) is 5. The molecule has 0 aliphatic rings. The summed E-state index contributed by atoms with van der Waals surface area (Å²) < 4.78 is 2.03. The van der Waals surface area contributed by atoms with Crippen LogP contribution < -0.4 is 11.5 Å². The van der Waals surface area contributed by atoms with E-state index in [0.29, 0.717) is 11.1 Å². The van der Waals surface area contributed by atoms with Crippen LogP contribution >= 0.6 is 49.0 Å². The van der Waals surface area contributed by atoms with E-state index in [2.05, 4.69) is 4.98 Å². The predicted molar refractivity (Wildman–Crippen MR) is 147 cm³/mol. The van der Waals surface area contributed by atoms with Crippen molar-refractivity contribution in [2.75, 3.05) is 0 Å². The summed E-state index contributed by atoms with van der Waals surface area (Å²) in [7, 11) is 0. The first-order chi connectivity index (χ1) is 15.0. The summed E-state index contributed by atoms with van der Waals surface area (Å²) in [5.41, 5.74) is 16.3. The molecule has 34 heavy (non-hydrogen) atoms. The molecule has 11 heteroatoms. The molecular weight excluding hydrogens is 513 g/mol. The number of imidazole rings is 1. The Morgan fingerprint density at radius 2 is 1.44 bits per heavy atom. The van der Waals surface area contributed by atoms with Crippen LogP contribution in [0.15, 0.2) is 84.4 Å². The van der Waals surface area contributed by atoms with Gasteiger partial charge in [-0.15, -0.1) is 37.2 Å². The molecule has 0 spiro atoms. The molecule has 0 aliphatic heterocycles. The molecule has 2 heterocycles. The van der Waals surface area contributed by atoms with Gasteiger partial charge in [0.05, 0.1) is 5.69 Å². The van der Waals surface area contributed by atoms with E-state index in [1.165, 1.54) is 0 Å². The Morgan fingerprint density at radius 1 is 0.853 bits per heavy atom. The van der Waals surface area contributed by atoms with Gasteiger partial charge in [-0.05, 0) is 35.9 Å². The zero-order chi connectivity index (χ0) is 21.8. The van der Waals surface area contributed by atoms with Gasteiger partial charge in [-0.2, -0.15) is 0 Å². The van der Waals surface area contributed by atoms with E-state index in [1.54, 1.807) is 18.0 Å². The Morgan fingerprint density at radius 3 is 1.97 bits per heavy atom. The minimum atomic E-state index is 0. The average molecular weight is 537 g/mol. The third kappa shape index (κ3) is 6.74. The van der Waals surface area contributed by atoms with Gasteiger partial charge in [-0.25, -0.2) is 4.98 Å². The van der Waals surface area contributed by atoms with Crippen LogP contribution in [-0.4, -0.2) is 26.2 Å². The third-order valence-corrected chi connectivity index (χ3v) is 5.74. The lowest BCUT2D eigenvalue weighted by Gasteiger charge is -2.08. The van der Waals surface area contributed by atoms with Crippen molar-refractivity contribution in [3.63, 3.8) is 0 Å². The van der Waals surface area contributed by atoms with Crippen molar-refractivity contribution >= 4 is 60.7 Å². The van der Waals surface area contributed by atoms with Gasteiger partial charge in [0, 0.05) is 46.7 Å². The van der Waals surface area contributed by atoms with Crippen molar-refractivity contribution in [2.24, 2.45) is 11.5 Å². The molecular formula is C23H24Cl3N7S. The number of nitrogens with one attached hydrogen (secondary N) is 2. The standard InChI is InChI=1S/C23H21N7S.3ClH/c24-21(25)17-5-3-16(4-6-17)20-13-30(19-9-7-18(8-10-19)22(26)27)23(29-20)31-14-15-2-1-11-28-12-15;;;/h1-13H,14H2,(H3,24,25)(H3,26,27);3*1H. The lowest BCUT2D eigenvalue weighted by Crippen LogP contribution is -2.10. The maximum Gasteiger partial charge on any atom is 0.173 e. The van der Waals surface area contributed by atoms with Crippen molar-refractivity contribution in [2.45, 2.75) is 10.9 Å². The molecule has 2 aromatic heterocycles. The fourth-order valence-electron chi connectivity index (χ4n) is 3.04. The van der Waals surface area contributed by atoms with Crippen LogP contribution in [0.5, 0.6) is 0 Å². The second kappa shape index (κ2) is 13.0. The fourth-order valence-corrected chi connectivity index (χ4v) is 3.97. The number of nitrogen functional groups attached to an aromatic ring is 2. The highest BCUT2D eigenvalue weighted by atomic mass is 35.5. The number of aromatic nitrogens is 3. The molecule has 0 saturated heterocycles. The summed E-state index contributed by atoms with van der Waals surface area (Å²) in [6.07, 6.45) is 5.59. The molecule has 0 unspecified atom stereocenters. The van der Waals surface area contributed by atoms with Crippen LogP contribution in [0.3, 0.4) is 0 Å². The van der Waals surface area contributed by atoms with Crippen molar-refractivity contribution in [3.8, 4) is 16.9 Å². The van der Waals surface area contributed by atoms with Crippen LogP contribution in [0, 0.1) is 10.8 Å². The van der Waals surface area contributed by atoms with Gasteiger partial charge >= 0.3 is 0 Å². The smallest absolute Gasteiger partial charge is 0.173 e. The SMILES string of the molecule is Cl.Cl.Cl.N=C(N)c1ccc(-c2cn(-c3ccc(C(=N)N)cc3)c(SCc3cccnc3)n2)cc1. The predicted octanol–water partition coefficient (Wildman–Crippen LogP) is 5.06. The molecule has 0 atom stereocenters. The molecule has 2 aromatic carbocycles. The molecule has 4 aromatic rings. The monoisotopic (exact) mass is 535 g/mol. The van der Waals surface area contributed by atoms with E-state index in [4.69, 9.17) is 27.3 Å². The fraction of sp³-hybridized carbons (Fsp3) is 0.0435. The third-order valence-electron chi connectivity index (χ3n) is 4.71. The molecule has 0 saturated carbocycles. The number of rotatable bonds is 7. The van der Waals surface area contributed by atoms with Gasteiger partial charge < -0.3 is 11.5 Å². The molecule has 0 bridgehead atoms. The summed E-state index contributed by atoms with van der Waals surface area (Å²) in [6, 6.07) is 18.9. The summed E-state index contributed by atoms with van der Waals surface area (Å²) in [5.74, 6) is 0.809. The van der Waals surface area contributed by atoms with Crippen LogP contribution in [0.4, 0.5) is 0 Å². The summed E-state index contributed by atoms with van der Waals surface area (Å²) in [5, 5.41) is 16.0. The molecule has 0 radical (unpaired) electrons. The van der Waals surface area contributed by atoms with E-state index in [9.17, 15) is 0 Å². The number of benzene rings is 2. The summed E-state index contributed by atoms with van der Waals surface area (Å²) >= 11 is 1.62. The molecule has 4 rings (SSSR count). The number of nitrogens with zero attached hydrogens (tertiary/aromatic N) is 3. The second-order valence-corrected chi connectivity index (χ2v) is 7.82. The van der Waals surface area contributed by atoms with Gasteiger partial charge in [-0.1, -0.05) is 42.1 Å². The number of thioether (sulfide) groups is 1. The quantitative estimate of drug-likeness (QED) is 0.149. The van der Waals surface area contributed by atoms with Crippen molar-refractivity contribution in [1.29, 1.82) is 10.8 Å². The molecule has 6 N–H and O–H groups in total. The molecule has 7 nitrogen and oxygen atoms in total. The van der Waals surface area contributed by atoms with Crippen LogP contribution in [0.1, 0.15) is 16.7 Å². The number of hydrogen-bond donors (Lipinski definition) is 4. The second-order valence-electron chi connectivity index (χ2n) is 6.88. The van der Waals surface area contributed by atoms with E-state index in [-0.39, 0.29) is 48.9 Å². The topological polar surface area (TPSA) is 130 Å². The first-order valence-electron chi connectivity index (χ1n) is 9.52. The molecule has 0 fully saturated rings. The highest BCUT2D eigenvalue weighted by Crippen LogP contribution is 2.29. The van der Waals surface area contributed by atoms with Gasteiger partial charge in [0.25, 0.3) is 0 Å². The zero-order valence-corrected chi connectivity index (χ0v) is 21.1. The van der Waals surface area contributed by atoms with Crippen LogP contribution in [-0.2, 0) is 5.75 Å². The average Bonchev–Trinajstić information content (AvgIpc) is 3.23. The van der Waals surface area contributed by atoms with E-state index >= 15 is 0 Å². The minimum Gasteiger partial charge on any atom is -0.384 e. The van der Waals surface area contributed by atoms with E-state index in [0.717, 1.165) is 33.4 Å². The molecule has 0 amide bonds. The van der Waals surface area contributed by atoms with Gasteiger partial charge in [0.1, 0.15) is 11.7 Å². The normalized spacial score (nSPS) is 9.76. The number of nitrogens with two attached hydrogens (primary N) is 2. The summed E-state index contributed by atoms with van der Waals surface area (Å²) in [6.45, 7) is 0. The number of pyridine rings is 1. The lowest BCUT2D eigenvalue weighted by atomic mass is 10.1. The van der Waals surface area contributed by atoms with Crippen molar-refractivity contribution in [3.05, 3.63) is 95.9 Å². The van der Waals surface area contributed by atoms with Crippen molar-refractivity contribution in [1.82, 2.24) is 14.5 Å². The Labute approximate surface area is 220 Å². The first-order valence-corrected chi connectivity index (χ1v) is 10.5.